The summed E-state index contributed by atoms with van der Waals surface area (Å²) in [7, 11) is 0. The van der Waals surface area contributed by atoms with Crippen LogP contribution in [0.25, 0.3) is 0 Å². The Balaban J connectivity index is 1.41. The second-order valence-electron chi connectivity index (χ2n) is 7.23. The lowest BCUT2D eigenvalue weighted by Gasteiger charge is -2.50. The summed E-state index contributed by atoms with van der Waals surface area (Å²) < 4.78 is 17.9. The highest BCUT2D eigenvalue weighted by Crippen LogP contribution is 2.50. The van der Waals surface area contributed by atoms with Gasteiger partial charge < -0.3 is 19.3 Å². The van der Waals surface area contributed by atoms with Crippen LogP contribution in [0, 0.1) is 11.3 Å². The van der Waals surface area contributed by atoms with Gasteiger partial charge in [-0.05, 0) is 31.6 Å². The maximum atomic E-state index is 10.1. The monoisotopic (exact) mass is 268 g/mol. The summed E-state index contributed by atoms with van der Waals surface area (Å²) in [4.78, 5) is 0. The second-order valence-corrected chi connectivity index (χ2v) is 7.23. The molecule has 0 bridgehead atoms. The number of aliphatic hydroxyl groups excluding tert-OH is 1. The molecule has 4 nitrogen and oxygen atoms in total. The van der Waals surface area contributed by atoms with Crippen LogP contribution in [-0.4, -0.2) is 42.4 Å². The topological polar surface area (TPSA) is 51.2 Å². The molecule has 0 aromatic rings. The van der Waals surface area contributed by atoms with Crippen molar-refractivity contribution in [2.75, 3.05) is 13.2 Å². The van der Waals surface area contributed by atoms with Crippen LogP contribution in [-0.2, 0) is 14.2 Å². The fourth-order valence-electron chi connectivity index (χ4n) is 4.03. The molecule has 0 aromatic carbocycles. The predicted octanol–water partition coefficient (Wildman–Crippen LogP) is 1.85. The van der Waals surface area contributed by atoms with Gasteiger partial charge in [0.25, 0.3) is 0 Å². The molecule has 2 spiro atoms. The number of epoxide rings is 1. The van der Waals surface area contributed by atoms with Crippen molar-refractivity contribution < 1.29 is 19.3 Å². The number of ether oxygens (including phenoxy) is 3. The molecule has 19 heavy (non-hydrogen) atoms. The van der Waals surface area contributed by atoms with E-state index in [2.05, 4.69) is 6.92 Å². The third kappa shape index (κ3) is 2.13. The highest BCUT2D eigenvalue weighted by atomic mass is 16.7. The molecule has 4 unspecified atom stereocenters. The second kappa shape index (κ2) is 4.17. The van der Waals surface area contributed by atoms with E-state index in [9.17, 15) is 5.11 Å². The van der Waals surface area contributed by atoms with Crippen LogP contribution < -0.4 is 0 Å². The highest BCUT2D eigenvalue weighted by molar-refractivity contribution is 5.00. The molecule has 2 aliphatic carbocycles. The van der Waals surface area contributed by atoms with Crippen LogP contribution in [0.15, 0.2) is 0 Å². The van der Waals surface area contributed by atoms with Gasteiger partial charge in [-0.25, -0.2) is 0 Å². The minimum absolute atomic E-state index is 0.0540. The Morgan fingerprint density at radius 1 is 1.00 bits per heavy atom. The number of rotatable bonds is 0. The van der Waals surface area contributed by atoms with Crippen LogP contribution in [0.3, 0.4) is 0 Å². The number of hydrogen-bond donors (Lipinski definition) is 1. The largest absolute Gasteiger partial charge is 0.393 e. The molecule has 4 rings (SSSR count). The predicted molar refractivity (Wildman–Crippen MR) is 68.6 cm³/mol. The first-order chi connectivity index (χ1) is 9.10. The molecule has 2 aliphatic heterocycles. The molecule has 0 aromatic heterocycles. The molecule has 2 saturated carbocycles. The van der Waals surface area contributed by atoms with E-state index in [0.717, 1.165) is 51.7 Å². The molecule has 0 radical (unpaired) electrons. The maximum absolute atomic E-state index is 10.1. The van der Waals surface area contributed by atoms with Crippen molar-refractivity contribution in [3.05, 3.63) is 0 Å². The first kappa shape index (κ1) is 12.6. The summed E-state index contributed by atoms with van der Waals surface area (Å²) in [5.74, 6) is 0.0357. The van der Waals surface area contributed by atoms with E-state index in [1.165, 1.54) is 0 Å². The zero-order valence-electron chi connectivity index (χ0n) is 11.6. The minimum Gasteiger partial charge on any atom is -0.393 e. The van der Waals surface area contributed by atoms with E-state index in [4.69, 9.17) is 14.2 Å². The molecule has 4 heteroatoms. The van der Waals surface area contributed by atoms with Crippen molar-refractivity contribution in [1.82, 2.24) is 0 Å². The van der Waals surface area contributed by atoms with Crippen LogP contribution >= 0.6 is 0 Å². The zero-order valence-corrected chi connectivity index (χ0v) is 11.6. The van der Waals surface area contributed by atoms with Gasteiger partial charge in [0.05, 0.1) is 31.5 Å². The number of aliphatic hydroxyl groups is 1. The summed E-state index contributed by atoms with van der Waals surface area (Å²) in [5, 5.41) is 10.1. The van der Waals surface area contributed by atoms with Crippen LogP contribution in [0.2, 0.25) is 0 Å². The first-order valence-corrected chi connectivity index (χ1v) is 7.71. The fraction of sp³-hybridized carbons (Fsp3) is 1.00. The van der Waals surface area contributed by atoms with Gasteiger partial charge in [0.2, 0.25) is 0 Å². The third-order valence-corrected chi connectivity index (χ3v) is 5.72. The summed E-state index contributed by atoms with van der Waals surface area (Å²) in [6, 6.07) is 0. The Hall–Kier alpha value is -0.160. The van der Waals surface area contributed by atoms with Crippen molar-refractivity contribution in [2.45, 2.75) is 69.5 Å². The molecule has 4 fully saturated rings. The molecule has 1 N–H and O–H groups in total. The number of hydrogen-bond acceptors (Lipinski definition) is 4. The number of fused-ring (bicyclic) bond motifs is 1. The van der Waals surface area contributed by atoms with Gasteiger partial charge in [-0.15, -0.1) is 0 Å². The standard InChI is InChI=1S/C15H24O4/c1-10-2-4-14(6-11(10)16)8-17-15(18-9-14)5-3-12-13(7-15)19-12/h10-13,16H,2-9H2,1H3. The SMILES string of the molecule is CC1CCC2(COC3(CCC4OC4C3)OC2)CC1O. The van der Waals surface area contributed by atoms with E-state index in [-0.39, 0.29) is 17.3 Å². The Morgan fingerprint density at radius 3 is 2.47 bits per heavy atom. The lowest BCUT2D eigenvalue weighted by Crippen LogP contribution is -2.54. The van der Waals surface area contributed by atoms with Gasteiger partial charge in [0.15, 0.2) is 5.79 Å². The van der Waals surface area contributed by atoms with Gasteiger partial charge in [0.1, 0.15) is 0 Å². The lowest BCUT2D eigenvalue weighted by molar-refractivity contribution is -0.320. The molecule has 4 atom stereocenters. The van der Waals surface area contributed by atoms with E-state index in [1.54, 1.807) is 0 Å². The molecule has 108 valence electrons. The average molecular weight is 268 g/mol. The van der Waals surface area contributed by atoms with Crippen molar-refractivity contribution in [2.24, 2.45) is 11.3 Å². The van der Waals surface area contributed by atoms with Gasteiger partial charge >= 0.3 is 0 Å². The Morgan fingerprint density at radius 2 is 1.79 bits per heavy atom. The van der Waals surface area contributed by atoms with E-state index < -0.39 is 0 Å². The Labute approximate surface area is 114 Å². The van der Waals surface area contributed by atoms with Crippen LogP contribution in [0.5, 0.6) is 0 Å². The molecule has 2 heterocycles. The molecule has 2 saturated heterocycles. The van der Waals surface area contributed by atoms with Gasteiger partial charge in [-0.3, -0.25) is 0 Å². The quantitative estimate of drug-likeness (QED) is 0.681. The summed E-state index contributed by atoms with van der Waals surface area (Å²) >= 11 is 0. The van der Waals surface area contributed by atoms with Crippen molar-refractivity contribution in [3.63, 3.8) is 0 Å². The minimum atomic E-state index is -0.378. The normalized spacial score (nSPS) is 57.2. The van der Waals surface area contributed by atoms with Gasteiger partial charge in [0, 0.05) is 18.3 Å². The third-order valence-electron chi connectivity index (χ3n) is 5.72. The maximum Gasteiger partial charge on any atom is 0.170 e. The average Bonchev–Trinajstić information content (AvgIpc) is 3.17. The Bertz CT molecular complexity index is 361. The zero-order chi connectivity index (χ0) is 13.1. The summed E-state index contributed by atoms with van der Waals surface area (Å²) in [5.41, 5.74) is 0.0540. The smallest absolute Gasteiger partial charge is 0.170 e. The first-order valence-electron chi connectivity index (χ1n) is 7.71. The van der Waals surface area contributed by atoms with Crippen molar-refractivity contribution in [3.8, 4) is 0 Å². The molecule has 4 aliphatic rings. The van der Waals surface area contributed by atoms with E-state index >= 15 is 0 Å². The lowest BCUT2D eigenvalue weighted by atomic mass is 9.69. The Kier molecular flexibility index (Phi) is 2.76. The van der Waals surface area contributed by atoms with Crippen LogP contribution in [0.4, 0.5) is 0 Å². The molecule has 0 amide bonds. The molecular formula is C15H24O4. The fourth-order valence-corrected chi connectivity index (χ4v) is 4.03. The van der Waals surface area contributed by atoms with E-state index in [1.807, 2.05) is 0 Å². The van der Waals surface area contributed by atoms with Gasteiger partial charge in [-0.2, -0.15) is 0 Å². The summed E-state index contributed by atoms with van der Waals surface area (Å²) in [6.07, 6.45) is 6.60. The van der Waals surface area contributed by atoms with E-state index in [0.29, 0.717) is 18.1 Å². The van der Waals surface area contributed by atoms with Crippen molar-refractivity contribution >= 4 is 0 Å². The van der Waals surface area contributed by atoms with Crippen LogP contribution in [0.1, 0.15) is 45.4 Å². The molecular weight excluding hydrogens is 244 g/mol. The highest BCUT2D eigenvalue weighted by Gasteiger charge is 2.55. The summed E-state index contributed by atoms with van der Waals surface area (Å²) in [6.45, 7) is 3.62. The van der Waals surface area contributed by atoms with Gasteiger partial charge in [-0.1, -0.05) is 6.92 Å². The van der Waals surface area contributed by atoms with Crippen molar-refractivity contribution in [1.29, 1.82) is 0 Å².